The van der Waals surface area contributed by atoms with Crippen molar-refractivity contribution in [2.24, 2.45) is 5.92 Å². The Kier molecular flexibility index (Phi) is 28.1. The standard InChI is InChI=1S/C13H27NO2Si.2C13H23NO2Si.C12H21NO2Si.C9H13NO2.C4H8O/c3*1-10-8-11(17(5,6)7)14(9-10)12(15)16-13(2,3)4;1-12(2,3)15-11(14)13-9-7-8-10(13)16(4,5)6;1-9(2,3)12-8(11)10-6-4-5-7-10;1-2-4-5-3-1/h10-11H,8-9H2,1-7H3;2*8-9H,1-7H3;7-9H,1-6H3;4-7H,1-3H3;1-4H2. The molecule has 4 aromatic rings. The third kappa shape index (κ3) is 29.9. The number of aryl methyl sites for hydroxylation is 2. The molecule has 2 saturated heterocycles. The highest BCUT2D eigenvalue weighted by Gasteiger charge is 2.42. The number of hydrogen-bond acceptors (Lipinski definition) is 11. The molecule has 0 aromatic carbocycles. The molecule has 20 heteroatoms. The number of likely N-dealkylation sites (tertiary alicyclic amines) is 1. The van der Waals surface area contributed by atoms with Gasteiger partial charge in [-0.3, -0.25) is 18.3 Å². The number of hydrogen-bond donors (Lipinski definition) is 0. The van der Waals surface area contributed by atoms with E-state index in [-0.39, 0.29) is 30.5 Å². The Morgan fingerprint density at radius 1 is 0.464 bits per heavy atom. The van der Waals surface area contributed by atoms with E-state index in [9.17, 15) is 24.0 Å². The minimum Gasteiger partial charge on any atom is -0.444 e. The van der Waals surface area contributed by atoms with Crippen LogP contribution in [0.25, 0.3) is 0 Å². The van der Waals surface area contributed by atoms with E-state index in [4.69, 9.17) is 28.4 Å². The van der Waals surface area contributed by atoms with Gasteiger partial charge in [0.2, 0.25) is 0 Å². The minimum atomic E-state index is -1.53. The smallest absolute Gasteiger partial charge is 0.418 e. The maximum absolute atomic E-state index is 12.2. The summed E-state index contributed by atoms with van der Waals surface area (Å²) in [6.07, 6.45) is 11.2. The molecule has 2 unspecified atom stereocenters. The van der Waals surface area contributed by atoms with Crippen molar-refractivity contribution in [2.75, 3.05) is 19.8 Å². The van der Waals surface area contributed by atoms with E-state index in [1.807, 2.05) is 147 Å². The first-order chi connectivity index (χ1) is 37.6. The maximum atomic E-state index is 12.2. The van der Waals surface area contributed by atoms with Gasteiger partial charge in [0.15, 0.2) is 0 Å². The Morgan fingerprint density at radius 2 is 0.798 bits per heavy atom. The quantitative estimate of drug-likeness (QED) is 0.141. The van der Waals surface area contributed by atoms with E-state index < -0.39 is 60.3 Å². The Morgan fingerprint density at radius 3 is 1.11 bits per heavy atom. The van der Waals surface area contributed by atoms with E-state index in [1.54, 1.807) is 44.4 Å². The van der Waals surface area contributed by atoms with Gasteiger partial charge in [-0.15, -0.1) is 0 Å². The molecule has 6 rings (SSSR count). The Bertz CT molecular complexity index is 2600. The predicted molar refractivity (Wildman–Crippen MR) is 357 cm³/mol. The number of amides is 1. The van der Waals surface area contributed by atoms with Crippen molar-refractivity contribution in [3.63, 3.8) is 0 Å². The molecule has 0 bridgehead atoms. The number of rotatable bonds is 4. The van der Waals surface area contributed by atoms with E-state index in [2.05, 4.69) is 97.6 Å². The molecule has 0 aliphatic carbocycles. The first-order valence-electron chi connectivity index (χ1n) is 29.8. The van der Waals surface area contributed by atoms with Crippen LogP contribution in [-0.2, 0) is 28.4 Å². The predicted octanol–water partition coefficient (Wildman–Crippen LogP) is 15.6. The van der Waals surface area contributed by atoms with Crippen LogP contribution in [0.3, 0.4) is 0 Å². The molecule has 1 amide bonds. The summed E-state index contributed by atoms with van der Waals surface area (Å²) in [6.45, 7) is 64.3. The second kappa shape index (κ2) is 30.6. The molecule has 0 radical (unpaired) electrons. The van der Waals surface area contributed by atoms with E-state index in [0.29, 0.717) is 11.6 Å². The van der Waals surface area contributed by atoms with Gasteiger partial charge >= 0.3 is 30.5 Å². The van der Waals surface area contributed by atoms with E-state index in [1.165, 1.54) is 17.4 Å². The van der Waals surface area contributed by atoms with Gasteiger partial charge < -0.3 is 33.3 Å². The normalized spacial score (nSPS) is 15.9. The first-order valence-corrected chi connectivity index (χ1v) is 43.9. The first kappa shape index (κ1) is 77.1. The number of ether oxygens (including phenoxy) is 6. The molecule has 6 heterocycles. The van der Waals surface area contributed by atoms with Crippen LogP contribution in [-0.4, -0.2) is 139 Å². The van der Waals surface area contributed by atoms with E-state index >= 15 is 0 Å². The molecule has 0 N–H and O–H groups in total. The summed E-state index contributed by atoms with van der Waals surface area (Å²) in [6, 6.07) is 11.7. The molecular formula is C64H115N5O11Si4. The highest BCUT2D eigenvalue weighted by atomic mass is 28.3. The summed E-state index contributed by atoms with van der Waals surface area (Å²) in [5.74, 6) is 0.597. The zero-order chi connectivity index (χ0) is 65.6. The van der Waals surface area contributed by atoms with Crippen LogP contribution in [0.4, 0.5) is 24.0 Å². The van der Waals surface area contributed by atoms with Crippen molar-refractivity contribution < 1.29 is 52.4 Å². The third-order valence-corrected chi connectivity index (χ3v) is 20.2. The average Bonchev–Trinajstić information content (AvgIpc) is 3.88. The maximum Gasteiger partial charge on any atom is 0.418 e. The van der Waals surface area contributed by atoms with Crippen LogP contribution in [0.1, 0.15) is 141 Å². The zero-order valence-electron chi connectivity index (χ0n) is 58.0. The summed E-state index contributed by atoms with van der Waals surface area (Å²) >= 11 is 0. The number of carbonyl (C=O) groups is 5. The molecule has 2 aliphatic rings. The lowest BCUT2D eigenvalue weighted by atomic mass is 10.2. The van der Waals surface area contributed by atoms with Crippen molar-refractivity contribution in [3.05, 3.63) is 78.5 Å². The van der Waals surface area contributed by atoms with Crippen LogP contribution in [0, 0.1) is 19.8 Å². The lowest BCUT2D eigenvalue weighted by Crippen LogP contribution is -2.51. The fraction of sp³-hybridized carbons (Fsp3) is 0.672. The molecule has 478 valence electrons. The Balaban J connectivity index is 0.000000515. The average molecular weight is 1240 g/mol. The van der Waals surface area contributed by atoms with Gasteiger partial charge in [-0.1, -0.05) is 85.5 Å². The lowest BCUT2D eigenvalue weighted by molar-refractivity contribution is 0.0260. The second-order valence-corrected chi connectivity index (χ2v) is 51.7. The molecule has 0 saturated carbocycles. The SMILES string of the molecule is C1CCOC1.CC(C)(C)OC(=O)n1cccc1.CC(C)(C)OC(=O)n1cccc1[Si](C)(C)C.CC1CC([Si](C)(C)C)N(C(=O)OC(C)(C)C)C1.Cc1cc([Si](C)(C)C)n(C(=O)OC(C)(C)C)c1.Cc1cc([Si](C)(C)C)n(C(=O)OC(C)(C)C)c1. The van der Waals surface area contributed by atoms with Crippen molar-refractivity contribution in [2.45, 2.75) is 256 Å². The Hall–Kier alpha value is -4.90. The minimum absolute atomic E-state index is 0.130. The van der Waals surface area contributed by atoms with Crippen molar-refractivity contribution in [1.82, 2.24) is 23.2 Å². The lowest BCUT2D eigenvalue weighted by Gasteiger charge is -2.34. The third-order valence-electron chi connectivity index (χ3n) is 11.9. The van der Waals surface area contributed by atoms with Crippen LogP contribution >= 0.6 is 0 Å². The van der Waals surface area contributed by atoms with Gasteiger partial charge in [0.25, 0.3) is 0 Å². The van der Waals surface area contributed by atoms with Crippen LogP contribution in [0.15, 0.2) is 67.4 Å². The molecule has 84 heavy (non-hydrogen) atoms. The van der Waals surface area contributed by atoms with E-state index in [0.717, 1.165) is 53.3 Å². The highest BCUT2D eigenvalue weighted by Crippen LogP contribution is 2.31. The van der Waals surface area contributed by atoms with Gasteiger partial charge in [-0.25, -0.2) is 24.0 Å². The van der Waals surface area contributed by atoms with Crippen LogP contribution in [0.5, 0.6) is 0 Å². The van der Waals surface area contributed by atoms with Crippen molar-refractivity contribution in [1.29, 1.82) is 0 Å². The fourth-order valence-corrected chi connectivity index (χ4v) is 15.2. The topological polar surface area (TPSA) is 164 Å². The monoisotopic (exact) mass is 1240 g/mol. The van der Waals surface area contributed by atoms with Crippen LogP contribution < -0.4 is 16.0 Å². The number of aromatic nitrogens is 4. The summed E-state index contributed by atoms with van der Waals surface area (Å²) in [4.78, 5) is 61.6. The zero-order valence-corrected chi connectivity index (χ0v) is 62.0. The molecule has 2 fully saturated rings. The molecule has 16 nitrogen and oxygen atoms in total. The summed E-state index contributed by atoms with van der Waals surface area (Å²) < 4.78 is 38.1. The van der Waals surface area contributed by atoms with Gasteiger partial charge in [-0.2, -0.15) is 0 Å². The Labute approximate surface area is 512 Å². The molecular weight excluding hydrogens is 1130 g/mol. The van der Waals surface area contributed by atoms with Crippen molar-refractivity contribution >= 4 is 78.7 Å². The van der Waals surface area contributed by atoms with Gasteiger partial charge in [-0.05, 0) is 190 Å². The van der Waals surface area contributed by atoms with Gasteiger partial charge in [0, 0.05) is 72.4 Å². The highest BCUT2D eigenvalue weighted by molar-refractivity contribution is 6.89. The molecule has 0 spiro atoms. The van der Waals surface area contributed by atoms with Crippen molar-refractivity contribution in [3.8, 4) is 0 Å². The largest absolute Gasteiger partial charge is 0.444 e. The molecule has 2 aliphatic heterocycles. The summed E-state index contributed by atoms with van der Waals surface area (Å²) in [7, 11) is -5.91. The van der Waals surface area contributed by atoms with Gasteiger partial charge in [0.05, 0.1) is 32.3 Å². The summed E-state index contributed by atoms with van der Waals surface area (Å²) in [5, 5.41) is 3.33. The summed E-state index contributed by atoms with van der Waals surface area (Å²) in [5.41, 5.74) is 0.457. The fourth-order valence-electron chi connectivity index (χ4n) is 8.40. The molecule has 2 atom stereocenters. The van der Waals surface area contributed by atoms with Gasteiger partial charge in [0.1, 0.15) is 28.0 Å². The number of nitrogens with zero attached hydrogens (tertiary/aromatic N) is 5. The second-order valence-electron chi connectivity index (χ2n) is 31.2. The van der Waals surface area contributed by atoms with Crippen LogP contribution in [0.2, 0.25) is 78.6 Å². The molecule has 4 aromatic heterocycles. The number of carbonyl (C=O) groups excluding carboxylic acids is 5.